The summed E-state index contributed by atoms with van der Waals surface area (Å²) in [5, 5.41) is 13.9. The molecule has 0 aromatic heterocycles. The molecule has 0 bridgehead atoms. The summed E-state index contributed by atoms with van der Waals surface area (Å²) in [7, 11) is -4.48. The lowest BCUT2D eigenvalue weighted by atomic mass is 9.88. The molecule has 5 N–H and O–H groups in total. The summed E-state index contributed by atoms with van der Waals surface area (Å²) in [4.78, 5) is 56.5. The number of carbonyl (C=O) groups is 3. The summed E-state index contributed by atoms with van der Waals surface area (Å²) in [6.07, 6.45) is -4.58. The lowest BCUT2D eigenvalue weighted by molar-refractivity contribution is -0.138. The topological polar surface area (TPSA) is 156 Å². The van der Waals surface area contributed by atoms with Crippen LogP contribution >= 0.6 is 7.60 Å². The van der Waals surface area contributed by atoms with Crippen LogP contribution in [-0.4, -0.2) is 75.5 Å². The Kier molecular flexibility index (Phi) is 9.85. The highest BCUT2D eigenvalue weighted by Crippen LogP contribution is 2.36. The van der Waals surface area contributed by atoms with E-state index in [0.717, 1.165) is 19.1 Å². The van der Waals surface area contributed by atoms with Crippen molar-refractivity contribution in [2.75, 3.05) is 25.9 Å². The first-order chi connectivity index (χ1) is 16.2. The van der Waals surface area contributed by atoms with Crippen LogP contribution in [0.4, 0.5) is 13.2 Å². The van der Waals surface area contributed by atoms with Crippen LogP contribution in [0.5, 0.6) is 0 Å². The zero-order valence-corrected chi connectivity index (χ0v) is 19.9. The van der Waals surface area contributed by atoms with Gasteiger partial charge in [0.15, 0.2) is 0 Å². The smallest absolute Gasteiger partial charge is 0.394 e. The third-order valence-corrected chi connectivity index (χ3v) is 6.56. The SMILES string of the molecule is CC(=O)NC(CO)C(=O)NC(CCP(=O)(O)O)C(=O)N1CCC(c2ccc(C(F)(F)F)cc2)CC1. The average molecular weight is 523 g/mol. The Hall–Kier alpha value is -2.47. The van der Waals surface area contributed by atoms with Crippen molar-refractivity contribution in [2.45, 2.75) is 50.4 Å². The van der Waals surface area contributed by atoms with Crippen LogP contribution < -0.4 is 10.6 Å². The van der Waals surface area contributed by atoms with E-state index in [1.807, 2.05) is 0 Å². The van der Waals surface area contributed by atoms with E-state index in [0.29, 0.717) is 18.4 Å². The Balaban J connectivity index is 2.06. The molecule has 0 aliphatic carbocycles. The van der Waals surface area contributed by atoms with Crippen molar-refractivity contribution < 1.29 is 47.0 Å². The van der Waals surface area contributed by atoms with Crippen molar-refractivity contribution in [1.82, 2.24) is 15.5 Å². The molecule has 1 saturated heterocycles. The van der Waals surface area contributed by atoms with Gasteiger partial charge in [-0.05, 0) is 42.9 Å². The van der Waals surface area contributed by atoms with E-state index in [1.165, 1.54) is 17.0 Å². The molecule has 1 aliphatic heterocycles. The van der Waals surface area contributed by atoms with Crippen LogP contribution in [0.3, 0.4) is 0 Å². The van der Waals surface area contributed by atoms with Gasteiger partial charge >= 0.3 is 13.8 Å². The molecule has 0 radical (unpaired) electrons. The van der Waals surface area contributed by atoms with Crippen LogP contribution in [0, 0.1) is 0 Å². The molecular weight excluding hydrogens is 494 g/mol. The van der Waals surface area contributed by atoms with E-state index >= 15 is 0 Å². The Morgan fingerprint density at radius 2 is 1.66 bits per heavy atom. The monoisotopic (exact) mass is 523 g/mol. The number of hydrogen-bond donors (Lipinski definition) is 5. The number of hydrogen-bond acceptors (Lipinski definition) is 5. The number of aliphatic hydroxyl groups excluding tert-OH is 1. The molecule has 1 aromatic carbocycles. The maximum atomic E-state index is 13.1. The van der Waals surface area contributed by atoms with Crippen molar-refractivity contribution in [3.63, 3.8) is 0 Å². The fraction of sp³-hybridized carbons (Fsp3) is 0.571. The van der Waals surface area contributed by atoms with Gasteiger partial charge in [0.2, 0.25) is 17.7 Å². The van der Waals surface area contributed by atoms with Gasteiger partial charge in [-0.15, -0.1) is 0 Å². The van der Waals surface area contributed by atoms with Crippen molar-refractivity contribution in [3.05, 3.63) is 35.4 Å². The molecule has 0 spiro atoms. The average Bonchev–Trinajstić information content (AvgIpc) is 2.78. The molecule has 196 valence electrons. The van der Waals surface area contributed by atoms with Gasteiger partial charge in [0.25, 0.3) is 0 Å². The van der Waals surface area contributed by atoms with Gasteiger partial charge in [-0.3, -0.25) is 18.9 Å². The highest BCUT2D eigenvalue weighted by Gasteiger charge is 2.34. The van der Waals surface area contributed by atoms with Crippen molar-refractivity contribution >= 4 is 25.3 Å². The molecule has 2 unspecified atom stereocenters. The lowest BCUT2D eigenvalue weighted by Crippen LogP contribution is -2.56. The second-order valence-electron chi connectivity index (χ2n) is 8.39. The van der Waals surface area contributed by atoms with Gasteiger partial charge in [-0.25, -0.2) is 0 Å². The number of likely N-dealkylation sites (tertiary alicyclic amines) is 1. The van der Waals surface area contributed by atoms with Gasteiger partial charge in [0, 0.05) is 20.0 Å². The maximum Gasteiger partial charge on any atom is 0.416 e. The number of benzene rings is 1. The minimum Gasteiger partial charge on any atom is -0.394 e. The lowest BCUT2D eigenvalue weighted by Gasteiger charge is -2.35. The van der Waals surface area contributed by atoms with Gasteiger partial charge in [0.1, 0.15) is 12.1 Å². The molecule has 2 atom stereocenters. The van der Waals surface area contributed by atoms with E-state index in [2.05, 4.69) is 10.6 Å². The molecule has 1 aliphatic rings. The molecule has 35 heavy (non-hydrogen) atoms. The number of halogens is 3. The van der Waals surface area contributed by atoms with E-state index in [-0.39, 0.29) is 25.4 Å². The molecular formula is C21H29F3N3O7P. The second-order valence-corrected chi connectivity index (χ2v) is 10.2. The first kappa shape index (κ1) is 28.8. The molecule has 3 amide bonds. The number of carbonyl (C=O) groups excluding carboxylic acids is 3. The summed E-state index contributed by atoms with van der Waals surface area (Å²) in [6.45, 7) is 0.834. The van der Waals surface area contributed by atoms with Gasteiger partial charge in [-0.2, -0.15) is 13.2 Å². The summed E-state index contributed by atoms with van der Waals surface area (Å²) < 4.78 is 49.7. The van der Waals surface area contributed by atoms with Crippen molar-refractivity contribution in [2.24, 2.45) is 0 Å². The predicted octanol–water partition coefficient (Wildman–Crippen LogP) is 0.961. The third kappa shape index (κ3) is 8.92. The standard InChI is InChI=1S/C21H29F3N3O7P/c1-13(29)25-18(12-28)19(30)26-17(8-11-35(32,33)34)20(31)27-9-6-15(7-10-27)14-2-4-16(5-3-14)21(22,23)24/h2-5,15,17-18,28H,6-12H2,1H3,(H,25,29)(H,26,30)(H2,32,33,34). The minimum atomic E-state index is -4.48. The molecule has 0 saturated carbocycles. The maximum absolute atomic E-state index is 13.1. The Labute approximate surface area is 200 Å². The highest BCUT2D eigenvalue weighted by molar-refractivity contribution is 7.51. The molecule has 10 nitrogen and oxygen atoms in total. The number of nitrogens with zero attached hydrogens (tertiary/aromatic N) is 1. The van der Waals surface area contributed by atoms with E-state index in [1.54, 1.807) is 0 Å². The summed E-state index contributed by atoms with van der Waals surface area (Å²) in [6, 6.07) is 2.18. The van der Waals surface area contributed by atoms with Gasteiger partial charge in [0.05, 0.1) is 18.3 Å². The fourth-order valence-electron chi connectivity index (χ4n) is 3.86. The number of amides is 3. The summed E-state index contributed by atoms with van der Waals surface area (Å²) >= 11 is 0. The summed E-state index contributed by atoms with van der Waals surface area (Å²) in [5.74, 6) is -2.14. The molecule has 2 rings (SSSR count). The molecule has 1 aromatic rings. The van der Waals surface area contributed by atoms with Crippen LogP contribution in [0.15, 0.2) is 24.3 Å². The Morgan fingerprint density at radius 1 is 1.09 bits per heavy atom. The normalized spacial score (nSPS) is 16.9. The third-order valence-electron chi connectivity index (χ3n) is 5.72. The van der Waals surface area contributed by atoms with Crippen molar-refractivity contribution in [3.8, 4) is 0 Å². The van der Waals surface area contributed by atoms with Crippen LogP contribution in [0.2, 0.25) is 0 Å². The van der Waals surface area contributed by atoms with Crippen molar-refractivity contribution in [1.29, 1.82) is 0 Å². The summed E-state index contributed by atoms with van der Waals surface area (Å²) in [5.41, 5.74) is -0.0458. The fourth-order valence-corrected chi connectivity index (χ4v) is 4.46. The number of aliphatic hydroxyl groups is 1. The number of rotatable bonds is 9. The first-order valence-corrected chi connectivity index (χ1v) is 12.7. The molecule has 1 fully saturated rings. The Bertz CT molecular complexity index is 944. The molecule has 14 heteroatoms. The van der Waals surface area contributed by atoms with E-state index in [4.69, 9.17) is 0 Å². The van der Waals surface area contributed by atoms with E-state index in [9.17, 15) is 47.0 Å². The van der Waals surface area contributed by atoms with Gasteiger partial charge < -0.3 is 30.4 Å². The zero-order valence-electron chi connectivity index (χ0n) is 19.0. The zero-order chi connectivity index (χ0) is 26.4. The second kappa shape index (κ2) is 12.0. The highest BCUT2D eigenvalue weighted by atomic mass is 31.2. The number of alkyl halides is 3. The Morgan fingerprint density at radius 3 is 2.11 bits per heavy atom. The van der Waals surface area contributed by atoms with Crippen LogP contribution in [0.1, 0.15) is 43.2 Å². The number of nitrogens with one attached hydrogen (secondary N) is 2. The minimum absolute atomic E-state index is 0.0805. The van der Waals surface area contributed by atoms with Crippen LogP contribution in [0.25, 0.3) is 0 Å². The largest absolute Gasteiger partial charge is 0.416 e. The first-order valence-electron chi connectivity index (χ1n) is 10.9. The molecule has 1 heterocycles. The quantitative estimate of drug-likeness (QED) is 0.302. The van der Waals surface area contributed by atoms with Crippen LogP contribution in [-0.2, 0) is 25.1 Å². The number of piperidine rings is 1. The van der Waals surface area contributed by atoms with E-state index < -0.39 is 61.9 Å². The van der Waals surface area contributed by atoms with Gasteiger partial charge in [-0.1, -0.05) is 12.1 Å². The predicted molar refractivity (Wildman–Crippen MR) is 118 cm³/mol.